The Kier molecular flexibility index (Phi) is 4.02. The summed E-state index contributed by atoms with van der Waals surface area (Å²) in [5.41, 5.74) is 1.11. The molecule has 0 aliphatic carbocycles. The van der Waals surface area contributed by atoms with Crippen molar-refractivity contribution in [3.05, 3.63) is 29.8 Å². The zero-order chi connectivity index (χ0) is 12.3. The van der Waals surface area contributed by atoms with E-state index in [1.54, 1.807) is 12.1 Å². The lowest BCUT2D eigenvalue weighted by atomic mass is 9.97. The average Bonchev–Trinajstić information content (AvgIpc) is 2.29. The molecule has 0 saturated carbocycles. The molecule has 1 aromatic carbocycles. The lowest BCUT2D eigenvalue weighted by Crippen LogP contribution is -2.45. The van der Waals surface area contributed by atoms with Gasteiger partial charge in [-0.1, -0.05) is 18.6 Å². The van der Waals surface area contributed by atoms with E-state index in [0.29, 0.717) is 5.75 Å². The van der Waals surface area contributed by atoms with Crippen molar-refractivity contribution in [1.82, 2.24) is 4.90 Å². The second kappa shape index (κ2) is 5.52. The number of aliphatic hydroxyl groups is 1. The van der Waals surface area contributed by atoms with Crippen LogP contribution in [-0.4, -0.2) is 33.8 Å². The summed E-state index contributed by atoms with van der Waals surface area (Å²) < 4.78 is 0. The van der Waals surface area contributed by atoms with Gasteiger partial charge in [0.2, 0.25) is 0 Å². The number of rotatable bonds is 3. The van der Waals surface area contributed by atoms with Crippen LogP contribution >= 0.6 is 0 Å². The van der Waals surface area contributed by atoms with Crippen LogP contribution in [0.3, 0.4) is 0 Å². The predicted molar refractivity (Wildman–Crippen MR) is 67.8 cm³/mol. The monoisotopic (exact) mass is 235 g/mol. The lowest BCUT2D eigenvalue weighted by Gasteiger charge is -2.37. The van der Waals surface area contributed by atoms with E-state index in [0.717, 1.165) is 25.1 Å². The largest absolute Gasteiger partial charge is 0.508 e. The molecule has 2 N–H and O–H groups in total. The van der Waals surface area contributed by atoms with Crippen molar-refractivity contribution in [3.63, 3.8) is 0 Å². The number of phenols is 1. The maximum Gasteiger partial charge on any atom is 0.115 e. The summed E-state index contributed by atoms with van der Waals surface area (Å²) in [7, 11) is 0. The van der Waals surface area contributed by atoms with Crippen LogP contribution in [0.1, 0.15) is 31.7 Å². The van der Waals surface area contributed by atoms with Crippen molar-refractivity contribution in [2.75, 3.05) is 6.54 Å². The van der Waals surface area contributed by atoms with Gasteiger partial charge >= 0.3 is 0 Å². The van der Waals surface area contributed by atoms with Gasteiger partial charge in [0, 0.05) is 12.6 Å². The molecule has 2 atom stereocenters. The van der Waals surface area contributed by atoms with Gasteiger partial charge in [-0.25, -0.2) is 0 Å². The molecule has 0 spiro atoms. The highest BCUT2D eigenvalue weighted by Gasteiger charge is 2.25. The van der Waals surface area contributed by atoms with Gasteiger partial charge in [-0.15, -0.1) is 0 Å². The quantitative estimate of drug-likeness (QED) is 0.843. The predicted octanol–water partition coefficient (Wildman–Crippen LogP) is 2.13. The minimum Gasteiger partial charge on any atom is -0.508 e. The number of phenolic OH excluding ortho intramolecular Hbond substituents is 1. The molecule has 2 rings (SSSR count). The van der Waals surface area contributed by atoms with E-state index >= 15 is 0 Å². The zero-order valence-electron chi connectivity index (χ0n) is 10.3. The number of aromatic hydroxyl groups is 1. The summed E-state index contributed by atoms with van der Waals surface area (Å²) in [6.07, 6.45) is 3.18. The van der Waals surface area contributed by atoms with Crippen molar-refractivity contribution in [1.29, 1.82) is 0 Å². The Morgan fingerprint density at radius 1 is 1.41 bits per heavy atom. The Hall–Kier alpha value is -1.06. The fraction of sp³-hybridized carbons (Fsp3) is 0.571. The number of piperidine rings is 1. The molecule has 0 radical (unpaired) electrons. The molecule has 0 amide bonds. The second-order valence-corrected chi connectivity index (χ2v) is 4.94. The summed E-state index contributed by atoms with van der Waals surface area (Å²) in [5.74, 6) is 0.313. The smallest absolute Gasteiger partial charge is 0.115 e. The highest BCUT2D eigenvalue weighted by molar-refractivity contribution is 5.27. The first-order valence-electron chi connectivity index (χ1n) is 6.37. The molecule has 3 heteroatoms. The minimum atomic E-state index is -0.285. The van der Waals surface area contributed by atoms with Crippen LogP contribution in [0.5, 0.6) is 5.75 Å². The molecule has 2 unspecified atom stereocenters. The van der Waals surface area contributed by atoms with Crippen molar-refractivity contribution in [2.45, 2.75) is 44.9 Å². The Labute approximate surface area is 103 Å². The zero-order valence-corrected chi connectivity index (χ0v) is 10.3. The van der Waals surface area contributed by atoms with E-state index < -0.39 is 0 Å². The second-order valence-electron chi connectivity index (χ2n) is 4.94. The van der Waals surface area contributed by atoms with Crippen LogP contribution in [0, 0.1) is 0 Å². The molecule has 0 aromatic heterocycles. The fourth-order valence-corrected chi connectivity index (χ4v) is 2.65. The molecule has 1 saturated heterocycles. The summed E-state index contributed by atoms with van der Waals surface area (Å²) in [6, 6.07) is 7.63. The van der Waals surface area contributed by atoms with Gasteiger partial charge in [0.25, 0.3) is 0 Å². The van der Waals surface area contributed by atoms with Crippen LogP contribution in [0.4, 0.5) is 0 Å². The summed E-state index contributed by atoms with van der Waals surface area (Å²) >= 11 is 0. The highest BCUT2D eigenvalue weighted by Crippen LogP contribution is 2.23. The third kappa shape index (κ3) is 3.20. The normalized spacial score (nSPS) is 23.5. The third-order valence-electron chi connectivity index (χ3n) is 3.52. The van der Waals surface area contributed by atoms with E-state index in [4.69, 9.17) is 0 Å². The molecule has 1 aliphatic heterocycles. The Bertz CT molecular complexity index is 365. The van der Waals surface area contributed by atoms with Crippen LogP contribution in [0.2, 0.25) is 0 Å². The maximum atomic E-state index is 9.79. The molecule has 1 aromatic rings. The third-order valence-corrected chi connectivity index (χ3v) is 3.52. The molecule has 1 heterocycles. The number of benzene rings is 1. The summed E-state index contributed by atoms with van der Waals surface area (Å²) in [4.78, 5) is 2.32. The van der Waals surface area contributed by atoms with Gasteiger partial charge in [0.15, 0.2) is 0 Å². The van der Waals surface area contributed by atoms with E-state index in [2.05, 4.69) is 4.90 Å². The molecule has 17 heavy (non-hydrogen) atoms. The standard InChI is InChI=1S/C14H21NO2/c1-11(16)14-7-2-3-8-15(14)10-12-5-4-6-13(17)9-12/h4-6,9,11,14,16-17H,2-3,7-8,10H2,1H3. The Morgan fingerprint density at radius 3 is 2.94 bits per heavy atom. The van der Waals surface area contributed by atoms with Crippen LogP contribution in [-0.2, 0) is 6.54 Å². The molecular formula is C14H21NO2. The molecular weight excluding hydrogens is 214 g/mol. The van der Waals surface area contributed by atoms with Crippen LogP contribution < -0.4 is 0 Å². The van der Waals surface area contributed by atoms with Crippen LogP contribution in [0.15, 0.2) is 24.3 Å². The topological polar surface area (TPSA) is 43.7 Å². The first kappa shape index (κ1) is 12.4. The summed E-state index contributed by atoms with van der Waals surface area (Å²) in [6.45, 7) is 3.71. The highest BCUT2D eigenvalue weighted by atomic mass is 16.3. The van der Waals surface area contributed by atoms with Gasteiger partial charge in [-0.05, 0) is 44.0 Å². The maximum absolute atomic E-state index is 9.79. The molecule has 0 bridgehead atoms. The Morgan fingerprint density at radius 2 is 2.24 bits per heavy atom. The van der Waals surface area contributed by atoms with E-state index in [9.17, 15) is 10.2 Å². The van der Waals surface area contributed by atoms with Gasteiger partial charge in [0.05, 0.1) is 6.10 Å². The number of hydrogen-bond donors (Lipinski definition) is 2. The molecule has 1 fully saturated rings. The minimum absolute atomic E-state index is 0.256. The van der Waals surface area contributed by atoms with Crippen LogP contribution in [0.25, 0.3) is 0 Å². The molecule has 1 aliphatic rings. The molecule has 94 valence electrons. The first-order chi connectivity index (χ1) is 8.16. The van der Waals surface area contributed by atoms with E-state index in [1.165, 1.54) is 12.8 Å². The van der Waals surface area contributed by atoms with Crippen molar-refractivity contribution in [2.24, 2.45) is 0 Å². The number of likely N-dealkylation sites (tertiary alicyclic amines) is 1. The lowest BCUT2D eigenvalue weighted by molar-refractivity contribution is 0.0316. The molecule has 3 nitrogen and oxygen atoms in total. The fourth-order valence-electron chi connectivity index (χ4n) is 2.65. The summed E-state index contributed by atoms with van der Waals surface area (Å²) in [5, 5.41) is 19.2. The number of nitrogens with zero attached hydrogens (tertiary/aromatic N) is 1. The Balaban J connectivity index is 2.05. The van der Waals surface area contributed by atoms with Gasteiger partial charge in [0.1, 0.15) is 5.75 Å². The SMILES string of the molecule is CC(O)C1CCCCN1Cc1cccc(O)c1. The average molecular weight is 235 g/mol. The van der Waals surface area contributed by atoms with Gasteiger partial charge in [-0.2, -0.15) is 0 Å². The van der Waals surface area contributed by atoms with Crippen molar-refractivity contribution >= 4 is 0 Å². The van der Waals surface area contributed by atoms with E-state index in [1.807, 2.05) is 19.1 Å². The van der Waals surface area contributed by atoms with Crippen molar-refractivity contribution in [3.8, 4) is 5.75 Å². The van der Waals surface area contributed by atoms with Crippen molar-refractivity contribution < 1.29 is 10.2 Å². The van der Waals surface area contributed by atoms with Gasteiger partial charge < -0.3 is 10.2 Å². The van der Waals surface area contributed by atoms with Gasteiger partial charge in [-0.3, -0.25) is 4.90 Å². The number of hydrogen-bond acceptors (Lipinski definition) is 3. The first-order valence-corrected chi connectivity index (χ1v) is 6.37. The van der Waals surface area contributed by atoms with E-state index in [-0.39, 0.29) is 12.1 Å². The number of aliphatic hydroxyl groups excluding tert-OH is 1.